The average molecular weight is 478 g/mol. The Hall–Kier alpha value is -4.05. The topological polar surface area (TPSA) is 103 Å². The molecule has 2 aliphatic rings. The van der Waals surface area contributed by atoms with Gasteiger partial charge in [-0.25, -0.2) is 9.18 Å². The molecule has 2 aliphatic heterocycles. The Balaban J connectivity index is 1.37. The maximum atomic E-state index is 15.1. The molecule has 0 bridgehead atoms. The van der Waals surface area contributed by atoms with Gasteiger partial charge in [0.25, 0.3) is 5.78 Å². The summed E-state index contributed by atoms with van der Waals surface area (Å²) in [5.74, 6) is -3.00. The summed E-state index contributed by atoms with van der Waals surface area (Å²) in [7, 11) is 0. The number of amides is 1. The molecule has 2 aromatic carbocycles. The number of nitrogens with zero attached hydrogens (tertiary/aromatic N) is 4. The van der Waals surface area contributed by atoms with Gasteiger partial charge < -0.3 is 14.6 Å². The van der Waals surface area contributed by atoms with Crippen molar-refractivity contribution in [2.24, 2.45) is 0 Å². The van der Waals surface area contributed by atoms with E-state index in [1.165, 1.54) is 11.1 Å². The Morgan fingerprint density at radius 2 is 1.74 bits per heavy atom. The van der Waals surface area contributed by atoms with Gasteiger partial charge in [-0.1, -0.05) is 12.1 Å². The van der Waals surface area contributed by atoms with Gasteiger partial charge in [0.05, 0.1) is 29.1 Å². The van der Waals surface area contributed by atoms with Crippen LogP contribution in [-0.4, -0.2) is 65.1 Å². The summed E-state index contributed by atoms with van der Waals surface area (Å²) in [6.45, 7) is 4.53. The summed E-state index contributed by atoms with van der Waals surface area (Å²) in [6.07, 6.45) is 1.29. The first-order valence-electron chi connectivity index (χ1n) is 11.3. The van der Waals surface area contributed by atoms with Crippen LogP contribution in [0.1, 0.15) is 27.6 Å². The first kappa shape index (κ1) is 22.7. The number of hydrogen-bond acceptors (Lipinski definition) is 6. The molecular weight excluding hydrogens is 455 g/mol. The number of hydrogen-bond donors (Lipinski definition) is 1. The second kappa shape index (κ2) is 8.62. The third kappa shape index (κ3) is 3.75. The third-order valence-corrected chi connectivity index (χ3v) is 6.65. The number of carbonyl (C=O) groups excluding carboxylic acids is 2. The van der Waals surface area contributed by atoms with Crippen molar-refractivity contribution >= 4 is 39.9 Å². The predicted octanol–water partition coefficient (Wildman–Crippen LogP) is 2.17. The first-order valence-corrected chi connectivity index (χ1v) is 11.3. The number of pyridine rings is 1. The number of ketones is 1. The van der Waals surface area contributed by atoms with E-state index in [1.54, 1.807) is 34.9 Å². The van der Waals surface area contributed by atoms with Crippen LogP contribution in [0.4, 0.5) is 15.8 Å². The van der Waals surface area contributed by atoms with Crippen LogP contribution in [0.15, 0.2) is 47.4 Å². The average Bonchev–Trinajstić information content (AvgIpc) is 3.09. The van der Waals surface area contributed by atoms with Crippen LogP contribution in [0, 0.1) is 5.82 Å². The molecule has 5 rings (SSSR count). The summed E-state index contributed by atoms with van der Waals surface area (Å²) >= 11 is 0. The highest BCUT2D eigenvalue weighted by Gasteiger charge is 2.36. The monoisotopic (exact) mass is 478 g/mol. The van der Waals surface area contributed by atoms with Crippen molar-refractivity contribution < 1.29 is 23.9 Å². The van der Waals surface area contributed by atoms with Gasteiger partial charge in [-0.2, -0.15) is 0 Å². The number of halogens is 1. The fourth-order valence-corrected chi connectivity index (χ4v) is 4.77. The Kier molecular flexibility index (Phi) is 5.60. The molecule has 9 nitrogen and oxygen atoms in total. The second-order valence-electron chi connectivity index (χ2n) is 8.61. The number of para-hydroxylation sites is 1. The van der Waals surface area contributed by atoms with Crippen LogP contribution >= 0.6 is 0 Å². The van der Waals surface area contributed by atoms with Crippen molar-refractivity contribution in [3.8, 4) is 0 Å². The molecule has 1 N–H and O–H groups in total. The molecule has 0 spiro atoms. The summed E-state index contributed by atoms with van der Waals surface area (Å²) in [6, 6.07) is 9.62. The summed E-state index contributed by atoms with van der Waals surface area (Å²) in [4.78, 5) is 54.1. The Bertz CT molecular complexity index is 1440. The quantitative estimate of drug-likeness (QED) is 0.561. The first-order chi connectivity index (χ1) is 16.8. The number of aryl methyl sites for hydroxylation is 1. The maximum absolute atomic E-state index is 15.1. The highest BCUT2D eigenvalue weighted by molar-refractivity contribution is 6.52. The molecular formula is C25H23FN4O5. The van der Waals surface area contributed by atoms with Gasteiger partial charge in [0.15, 0.2) is 0 Å². The van der Waals surface area contributed by atoms with Gasteiger partial charge in [-0.3, -0.25) is 24.2 Å². The number of carbonyl (C=O) groups is 3. The van der Waals surface area contributed by atoms with Gasteiger partial charge in [0, 0.05) is 44.3 Å². The molecule has 1 aromatic heterocycles. The number of fused-ring (bicyclic) bond motifs is 2. The molecule has 0 radical (unpaired) electrons. The normalized spacial score (nSPS) is 16.3. The van der Waals surface area contributed by atoms with Crippen molar-refractivity contribution in [2.45, 2.75) is 13.5 Å². The van der Waals surface area contributed by atoms with Crippen molar-refractivity contribution in [1.29, 1.82) is 0 Å². The van der Waals surface area contributed by atoms with E-state index in [9.17, 15) is 24.3 Å². The largest absolute Gasteiger partial charge is 0.477 e. The molecule has 35 heavy (non-hydrogen) atoms. The number of benzene rings is 2. The number of piperazine rings is 1. The Morgan fingerprint density at radius 1 is 1.03 bits per heavy atom. The molecule has 0 saturated carbocycles. The van der Waals surface area contributed by atoms with Gasteiger partial charge >= 0.3 is 11.9 Å². The van der Waals surface area contributed by atoms with E-state index in [4.69, 9.17) is 0 Å². The van der Waals surface area contributed by atoms with E-state index >= 15 is 4.39 Å². The van der Waals surface area contributed by atoms with E-state index in [-0.39, 0.29) is 12.1 Å². The van der Waals surface area contributed by atoms with Gasteiger partial charge in [0.2, 0.25) is 5.43 Å². The summed E-state index contributed by atoms with van der Waals surface area (Å²) < 4.78 is 16.7. The molecule has 0 atom stereocenters. The van der Waals surface area contributed by atoms with Gasteiger partial charge in [0.1, 0.15) is 11.4 Å². The highest BCUT2D eigenvalue weighted by atomic mass is 19.1. The van der Waals surface area contributed by atoms with Gasteiger partial charge in [-0.05, 0) is 31.2 Å². The highest BCUT2D eigenvalue weighted by Crippen LogP contribution is 2.30. The number of anilines is 2. The fourth-order valence-electron chi connectivity index (χ4n) is 4.77. The Labute approximate surface area is 199 Å². The second-order valence-corrected chi connectivity index (χ2v) is 8.61. The van der Waals surface area contributed by atoms with Crippen LogP contribution in [0.25, 0.3) is 10.9 Å². The summed E-state index contributed by atoms with van der Waals surface area (Å²) in [5, 5.41) is 9.35. The van der Waals surface area contributed by atoms with Crippen molar-refractivity contribution in [3.63, 3.8) is 0 Å². The lowest BCUT2D eigenvalue weighted by molar-refractivity contribution is -0.114. The zero-order valence-electron chi connectivity index (χ0n) is 19.0. The molecule has 1 fully saturated rings. The van der Waals surface area contributed by atoms with Crippen LogP contribution in [0.2, 0.25) is 0 Å². The molecule has 180 valence electrons. The molecule has 10 heteroatoms. The number of rotatable bonds is 5. The van der Waals surface area contributed by atoms with E-state index < -0.39 is 34.5 Å². The molecule has 3 heterocycles. The minimum Gasteiger partial charge on any atom is -0.477 e. The lowest BCUT2D eigenvalue weighted by atomic mass is 10.1. The number of aromatic carboxylic acids is 1. The van der Waals surface area contributed by atoms with Crippen LogP contribution in [0.3, 0.4) is 0 Å². The lowest BCUT2D eigenvalue weighted by Gasteiger charge is -2.37. The maximum Gasteiger partial charge on any atom is 0.341 e. The fraction of sp³-hybridized carbons (Fsp3) is 0.280. The van der Waals surface area contributed by atoms with Crippen LogP contribution < -0.4 is 15.2 Å². The molecule has 1 saturated heterocycles. The van der Waals surface area contributed by atoms with Crippen molar-refractivity contribution in [1.82, 2.24) is 9.47 Å². The van der Waals surface area contributed by atoms with Crippen molar-refractivity contribution in [3.05, 3.63) is 69.8 Å². The SMILES string of the molecule is CCn1cc(C(=O)O)c(=O)c2cc(F)c(N3CCN(CN4C(=O)C(=O)c5ccccc54)CC3)cc21. The van der Waals surface area contributed by atoms with Crippen LogP contribution in [-0.2, 0) is 11.3 Å². The van der Waals surface area contributed by atoms with E-state index in [0.29, 0.717) is 55.2 Å². The lowest BCUT2D eigenvalue weighted by Crippen LogP contribution is -2.51. The minimum atomic E-state index is -1.35. The van der Waals surface area contributed by atoms with E-state index in [2.05, 4.69) is 0 Å². The number of carboxylic acid groups (broad SMARTS) is 1. The molecule has 0 unspecified atom stereocenters. The molecule has 0 aliphatic carbocycles. The summed E-state index contributed by atoms with van der Waals surface area (Å²) in [5.41, 5.74) is 0.707. The third-order valence-electron chi connectivity index (χ3n) is 6.65. The van der Waals surface area contributed by atoms with Gasteiger partial charge in [-0.15, -0.1) is 0 Å². The standard InChI is InChI=1S/C25H23FN4O5/c1-2-28-13-17(25(34)35)22(31)16-11-18(26)21(12-20(16)28)29-9-7-27(8-10-29)14-30-19-6-4-3-5-15(19)23(32)24(30)33/h3-6,11-13H,2,7-10,14H2,1H3,(H,34,35). The smallest absolute Gasteiger partial charge is 0.341 e. The van der Waals surface area contributed by atoms with E-state index in [0.717, 1.165) is 6.07 Å². The Morgan fingerprint density at radius 3 is 2.43 bits per heavy atom. The zero-order chi connectivity index (χ0) is 24.9. The van der Waals surface area contributed by atoms with Crippen LogP contribution in [0.5, 0.6) is 0 Å². The zero-order valence-corrected chi connectivity index (χ0v) is 19.0. The predicted molar refractivity (Wildman–Crippen MR) is 128 cm³/mol. The molecule has 1 amide bonds. The number of aromatic nitrogens is 1. The molecule has 3 aromatic rings. The van der Waals surface area contributed by atoms with E-state index in [1.807, 2.05) is 16.7 Å². The number of Topliss-reactive ketones (excluding diaryl/α,β-unsaturated/α-hetero) is 1. The number of carboxylic acids is 1. The minimum absolute atomic E-state index is 0.0301. The van der Waals surface area contributed by atoms with Crippen molar-refractivity contribution in [2.75, 3.05) is 42.6 Å².